The Hall–Kier alpha value is -0.470. The first-order chi connectivity index (χ1) is 6.16. The molecule has 1 aromatic carbocycles. The average Bonchev–Trinajstić information content (AvgIpc) is 2.04. The summed E-state index contributed by atoms with van der Waals surface area (Å²) in [6.45, 7) is 1.85. The fraction of sp³-hybridized carbons (Fsp3) is 0.200. The molecule has 13 heavy (non-hydrogen) atoms. The first-order valence-corrected chi connectivity index (χ1v) is 5.47. The standard InChI is InChI=1S/C10H10ClFS/c1-7(6-13-2)10-8(11)4-3-5-9(10)12/h3-6H,1-2H3/b7-6+. The second kappa shape index (κ2) is 4.68. The summed E-state index contributed by atoms with van der Waals surface area (Å²) in [6, 6.07) is 4.71. The van der Waals surface area contributed by atoms with Gasteiger partial charge in [0.2, 0.25) is 0 Å². The van der Waals surface area contributed by atoms with Gasteiger partial charge < -0.3 is 0 Å². The van der Waals surface area contributed by atoms with Crippen molar-refractivity contribution in [3.05, 3.63) is 40.0 Å². The molecule has 0 aliphatic carbocycles. The Morgan fingerprint density at radius 3 is 2.77 bits per heavy atom. The molecular formula is C10H10ClFS. The number of hydrogen-bond acceptors (Lipinski definition) is 1. The monoisotopic (exact) mass is 216 g/mol. The van der Waals surface area contributed by atoms with Crippen LogP contribution in [0.1, 0.15) is 12.5 Å². The zero-order valence-electron chi connectivity index (χ0n) is 7.47. The average molecular weight is 217 g/mol. The van der Waals surface area contributed by atoms with Crippen LogP contribution in [0.15, 0.2) is 23.6 Å². The third-order valence-electron chi connectivity index (χ3n) is 1.65. The van der Waals surface area contributed by atoms with Gasteiger partial charge in [0.1, 0.15) is 5.82 Å². The first kappa shape index (κ1) is 10.6. The molecule has 0 amide bonds. The maximum atomic E-state index is 13.3. The highest BCUT2D eigenvalue weighted by Gasteiger charge is 2.07. The van der Waals surface area contributed by atoms with Crippen molar-refractivity contribution < 1.29 is 4.39 Å². The molecule has 0 fully saturated rings. The van der Waals surface area contributed by atoms with Gasteiger partial charge in [0.05, 0.1) is 5.02 Å². The van der Waals surface area contributed by atoms with Gasteiger partial charge in [-0.2, -0.15) is 0 Å². The molecule has 0 N–H and O–H groups in total. The van der Waals surface area contributed by atoms with Crippen molar-refractivity contribution in [2.24, 2.45) is 0 Å². The Morgan fingerprint density at radius 1 is 1.54 bits per heavy atom. The number of benzene rings is 1. The summed E-state index contributed by atoms with van der Waals surface area (Å²) in [6.07, 6.45) is 1.93. The third-order valence-corrected chi connectivity index (χ3v) is 2.56. The van der Waals surface area contributed by atoms with Gasteiger partial charge in [-0.1, -0.05) is 17.7 Å². The SMILES string of the molecule is CS/C=C(\C)c1c(F)cccc1Cl. The van der Waals surface area contributed by atoms with Crippen LogP contribution >= 0.6 is 23.4 Å². The molecule has 0 aliphatic rings. The highest BCUT2D eigenvalue weighted by molar-refractivity contribution is 8.01. The highest BCUT2D eigenvalue weighted by atomic mass is 35.5. The lowest BCUT2D eigenvalue weighted by molar-refractivity contribution is 0.624. The Bertz CT molecular complexity index is 313. The van der Waals surface area contributed by atoms with Crippen LogP contribution < -0.4 is 0 Å². The van der Waals surface area contributed by atoms with E-state index >= 15 is 0 Å². The van der Waals surface area contributed by atoms with Gasteiger partial charge in [0.25, 0.3) is 0 Å². The van der Waals surface area contributed by atoms with E-state index < -0.39 is 0 Å². The summed E-state index contributed by atoms with van der Waals surface area (Å²) >= 11 is 7.40. The van der Waals surface area contributed by atoms with Crippen molar-refractivity contribution in [3.8, 4) is 0 Å². The fourth-order valence-corrected chi connectivity index (χ4v) is 1.89. The second-order valence-electron chi connectivity index (χ2n) is 2.63. The largest absolute Gasteiger partial charge is 0.206 e. The molecule has 0 spiro atoms. The van der Waals surface area contributed by atoms with Crippen LogP contribution in [0.4, 0.5) is 4.39 Å². The lowest BCUT2D eigenvalue weighted by Crippen LogP contribution is -1.87. The zero-order chi connectivity index (χ0) is 9.84. The summed E-state index contributed by atoms with van der Waals surface area (Å²) in [5.74, 6) is -0.268. The summed E-state index contributed by atoms with van der Waals surface area (Å²) < 4.78 is 13.3. The Labute approximate surface area is 86.8 Å². The lowest BCUT2D eigenvalue weighted by Gasteiger charge is -2.04. The molecule has 3 heteroatoms. The molecule has 0 aliphatic heterocycles. The van der Waals surface area contributed by atoms with Gasteiger partial charge in [-0.25, -0.2) is 4.39 Å². The van der Waals surface area contributed by atoms with E-state index in [9.17, 15) is 4.39 Å². The highest BCUT2D eigenvalue weighted by Crippen LogP contribution is 2.27. The van der Waals surface area contributed by atoms with E-state index in [1.807, 2.05) is 18.6 Å². The second-order valence-corrected chi connectivity index (χ2v) is 3.75. The Morgan fingerprint density at radius 2 is 2.23 bits per heavy atom. The zero-order valence-corrected chi connectivity index (χ0v) is 9.05. The summed E-state index contributed by atoms with van der Waals surface area (Å²) in [7, 11) is 0. The van der Waals surface area contributed by atoms with Crippen LogP contribution in [0.3, 0.4) is 0 Å². The number of halogens is 2. The minimum absolute atomic E-state index is 0.268. The lowest BCUT2D eigenvalue weighted by atomic mass is 10.1. The van der Waals surface area contributed by atoms with Crippen molar-refractivity contribution >= 4 is 28.9 Å². The molecule has 0 unspecified atom stereocenters. The van der Waals surface area contributed by atoms with Crippen molar-refractivity contribution in [1.29, 1.82) is 0 Å². The Balaban J connectivity index is 3.20. The third kappa shape index (κ3) is 2.48. The maximum absolute atomic E-state index is 13.3. The number of thioether (sulfide) groups is 1. The molecule has 0 atom stereocenters. The summed E-state index contributed by atoms with van der Waals surface area (Å²) in [4.78, 5) is 0. The quantitative estimate of drug-likeness (QED) is 0.714. The van der Waals surface area contributed by atoms with Gasteiger partial charge in [0.15, 0.2) is 0 Å². The molecule has 0 aromatic heterocycles. The van der Waals surface area contributed by atoms with Crippen LogP contribution in [0.5, 0.6) is 0 Å². The van der Waals surface area contributed by atoms with Crippen LogP contribution in [0.25, 0.3) is 5.57 Å². The molecule has 0 heterocycles. The minimum atomic E-state index is -0.268. The van der Waals surface area contributed by atoms with Crippen molar-refractivity contribution in [2.75, 3.05) is 6.26 Å². The molecule has 70 valence electrons. The van der Waals surface area contributed by atoms with Gasteiger partial charge in [0, 0.05) is 5.56 Å². The first-order valence-electron chi connectivity index (χ1n) is 3.80. The molecule has 1 aromatic rings. The van der Waals surface area contributed by atoms with Gasteiger partial charge in [-0.05, 0) is 36.3 Å². The normalized spacial score (nSPS) is 11.8. The topological polar surface area (TPSA) is 0 Å². The predicted octanol–water partition coefficient (Wildman–Crippen LogP) is 4.20. The van der Waals surface area contributed by atoms with E-state index in [1.54, 1.807) is 12.1 Å². The maximum Gasteiger partial charge on any atom is 0.132 e. The van der Waals surface area contributed by atoms with Crippen LogP contribution in [0, 0.1) is 5.82 Å². The van der Waals surface area contributed by atoms with E-state index in [-0.39, 0.29) is 5.82 Å². The van der Waals surface area contributed by atoms with Crippen LogP contribution in [-0.4, -0.2) is 6.26 Å². The van der Waals surface area contributed by atoms with Crippen LogP contribution in [0.2, 0.25) is 5.02 Å². The van der Waals surface area contributed by atoms with E-state index in [0.717, 1.165) is 5.57 Å². The summed E-state index contributed by atoms with van der Waals surface area (Å²) in [5, 5.41) is 2.34. The fourth-order valence-electron chi connectivity index (χ4n) is 1.11. The molecule has 0 saturated heterocycles. The minimum Gasteiger partial charge on any atom is -0.206 e. The predicted molar refractivity (Wildman–Crippen MR) is 58.6 cm³/mol. The molecule has 0 bridgehead atoms. The smallest absolute Gasteiger partial charge is 0.132 e. The van der Waals surface area contributed by atoms with Crippen molar-refractivity contribution in [3.63, 3.8) is 0 Å². The van der Waals surface area contributed by atoms with Crippen molar-refractivity contribution in [2.45, 2.75) is 6.92 Å². The van der Waals surface area contributed by atoms with Gasteiger partial charge >= 0.3 is 0 Å². The van der Waals surface area contributed by atoms with E-state index in [1.165, 1.54) is 17.8 Å². The number of rotatable bonds is 2. The van der Waals surface area contributed by atoms with E-state index in [0.29, 0.717) is 10.6 Å². The van der Waals surface area contributed by atoms with Crippen LogP contribution in [-0.2, 0) is 0 Å². The van der Waals surface area contributed by atoms with E-state index in [4.69, 9.17) is 11.6 Å². The molecule has 1 rings (SSSR count). The molecular weight excluding hydrogens is 207 g/mol. The van der Waals surface area contributed by atoms with E-state index in [2.05, 4.69) is 0 Å². The number of allylic oxidation sites excluding steroid dienone is 1. The molecule has 0 saturated carbocycles. The van der Waals surface area contributed by atoms with Gasteiger partial charge in [-0.3, -0.25) is 0 Å². The van der Waals surface area contributed by atoms with Crippen molar-refractivity contribution in [1.82, 2.24) is 0 Å². The van der Waals surface area contributed by atoms with Gasteiger partial charge in [-0.15, -0.1) is 11.8 Å². The summed E-state index contributed by atoms with van der Waals surface area (Å²) in [5.41, 5.74) is 1.36. The molecule has 0 radical (unpaired) electrons. The number of hydrogen-bond donors (Lipinski definition) is 0. The Kier molecular flexibility index (Phi) is 3.82. The molecule has 0 nitrogen and oxygen atoms in total.